The molecule has 2 rings (SSSR count). The summed E-state index contributed by atoms with van der Waals surface area (Å²) < 4.78 is 6.28. The zero-order chi connectivity index (χ0) is 18.1. The zero-order valence-corrected chi connectivity index (χ0v) is 16.6. The second-order valence-electron chi connectivity index (χ2n) is 7.45. The lowest BCUT2D eigenvalue weighted by molar-refractivity contribution is 0.103. The van der Waals surface area contributed by atoms with Crippen LogP contribution in [-0.4, -0.2) is 14.1 Å². The average Bonchev–Trinajstić information content (AvgIpc) is 2.45. The maximum absolute atomic E-state index is 12.7. The first kappa shape index (κ1) is 18.6. The van der Waals surface area contributed by atoms with Crippen molar-refractivity contribution in [2.45, 2.75) is 38.9 Å². The SMILES string of the molecule is CC(C)(C)[Si](C)(C)Oc1cccc(C(=O)c2ccc(Cl)cc2N)c1. The predicted molar refractivity (Wildman–Crippen MR) is 104 cm³/mol. The molecule has 0 heterocycles. The number of carbonyl (C=O) groups excluding carboxylic acids is 1. The second-order valence-corrected chi connectivity index (χ2v) is 12.6. The van der Waals surface area contributed by atoms with E-state index in [9.17, 15) is 4.79 Å². The number of benzene rings is 2. The van der Waals surface area contributed by atoms with Gasteiger partial charge in [0.05, 0.1) is 0 Å². The Hall–Kier alpha value is -1.78. The van der Waals surface area contributed by atoms with Gasteiger partial charge in [0.1, 0.15) is 5.75 Å². The number of ketones is 1. The highest BCUT2D eigenvalue weighted by Gasteiger charge is 2.39. The van der Waals surface area contributed by atoms with E-state index in [-0.39, 0.29) is 10.8 Å². The third-order valence-electron chi connectivity index (χ3n) is 4.53. The number of hydrogen-bond donors (Lipinski definition) is 1. The van der Waals surface area contributed by atoms with Gasteiger partial charge >= 0.3 is 0 Å². The van der Waals surface area contributed by atoms with Gasteiger partial charge in [-0.2, -0.15) is 0 Å². The Bertz CT molecular complexity index is 766. The third-order valence-corrected chi connectivity index (χ3v) is 9.13. The van der Waals surface area contributed by atoms with Gasteiger partial charge in [-0.1, -0.05) is 44.5 Å². The van der Waals surface area contributed by atoms with Crippen LogP contribution in [0.4, 0.5) is 5.69 Å². The van der Waals surface area contributed by atoms with Gasteiger partial charge in [-0.25, -0.2) is 0 Å². The molecule has 0 amide bonds. The molecular formula is C19H24ClNO2Si. The van der Waals surface area contributed by atoms with E-state index in [2.05, 4.69) is 33.9 Å². The molecule has 0 saturated heterocycles. The van der Waals surface area contributed by atoms with Crippen LogP contribution in [0.2, 0.25) is 23.2 Å². The van der Waals surface area contributed by atoms with Crippen LogP contribution < -0.4 is 10.2 Å². The molecule has 5 heteroatoms. The fourth-order valence-electron chi connectivity index (χ4n) is 2.04. The molecule has 0 unspecified atom stereocenters. The number of rotatable bonds is 4. The summed E-state index contributed by atoms with van der Waals surface area (Å²) in [4.78, 5) is 12.7. The molecule has 0 atom stereocenters. The van der Waals surface area contributed by atoms with Crippen molar-refractivity contribution in [2.24, 2.45) is 0 Å². The smallest absolute Gasteiger partial charge is 0.250 e. The van der Waals surface area contributed by atoms with Gasteiger partial charge in [0, 0.05) is 21.8 Å². The predicted octanol–water partition coefficient (Wildman–Crippen LogP) is 5.54. The molecule has 24 heavy (non-hydrogen) atoms. The van der Waals surface area contributed by atoms with Gasteiger partial charge in [-0.15, -0.1) is 0 Å². The molecule has 2 N–H and O–H groups in total. The second kappa shape index (κ2) is 6.61. The fourth-order valence-corrected chi connectivity index (χ4v) is 3.25. The number of carbonyl (C=O) groups is 1. The summed E-state index contributed by atoms with van der Waals surface area (Å²) in [5, 5.41) is 0.604. The van der Waals surface area contributed by atoms with Crippen molar-refractivity contribution in [3.05, 3.63) is 58.6 Å². The Morgan fingerprint density at radius 1 is 1.12 bits per heavy atom. The number of hydrogen-bond acceptors (Lipinski definition) is 3. The van der Waals surface area contributed by atoms with Crippen LogP contribution in [0.25, 0.3) is 0 Å². The highest BCUT2D eigenvalue weighted by molar-refractivity contribution is 6.74. The fraction of sp³-hybridized carbons (Fsp3) is 0.316. The van der Waals surface area contributed by atoms with Crippen molar-refractivity contribution in [3.8, 4) is 5.75 Å². The van der Waals surface area contributed by atoms with Gasteiger partial charge in [0.2, 0.25) is 8.32 Å². The number of anilines is 1. The molecule has 0 aliphatic heterocycles. The van der Waals surface area contributed by atoms with Gasteiger partial charge in [-0.05, 0) is 48.5 Å². The lowest BCUT2D eigenvalue weighted by Gasteiger charge is -2.36. The van der Waals surface area contributed by atoms with Crippen LogP contribution in [0.15, 0.2) is 42.5 Å². The van der Waals surface area contributed by atoms with E-state index >= 15 is 0 Å². The minimum Gasteiger partial charge on any atom is -0.543 e. The molecule has 0 radical (unpaired) electrons. The average molecular weight is 362 g/mol. The Labute approximate surface area is 149 Å². The van der Waals surface area contributed by atoms with Crippen LogP contribution in [0, 0.1) is 0 Å². The number of halogens is 1. The van der Waals surface area contributed by atoms with E-state index in [0.717, 1.165) is 5.75 Å². The number of nitrogen functional groups attached to an aromatic ring is 1. The van der Waals surface area contributed by atoms with E-state index in [4.69, 9.17) is 21.8 Å². The molecule has 0 aliphatic carbocycles. The Morgan fingerprint density at radius 3 is 2.38 bits per heavy atom. The zero-order valence-electron chi connectivity index (χ0n) is 14.8. The van der Waals surface area contributed by atoms with Crippen LogP contribution in [0.1, 0.15) is 36.7 Å². The highest BCUT2D eigenvalue weighted by Crippen LogP contribution is 2.37. The first-order chi connectivity index (χ1) is 11.0. The molecule has 0 bridgehead atoms. The molecule has 0 aliphatic rings. The summed E-state index contributed by atoms with van der Waals surface area (Å²) in [5.74, 6) is 0.588. The minimum absolute atomic E-state index is 0.0909. The van der Waals surface area contributed by atoms with Crippen LogP contribution in [0.5, 0.6) is 5.75 Å². The Morgan fingerprint density at radius 2 is 1.79 bits per heavy atom. The van der Waals surface area contributed by atoms with E-state index < -0.39 is 8.32 Å². The molecule has 2 aromatic carbocycles. The quantitative estimate of drug-likeness (QED) is 0.442. The number of nitrogens with two attached hydrogens (primary N) is 1. The molecule has 0 spiro atoms. The standard InChI is InChI=1S/C19H24ClNO2Si/c1-19(2,3)24(4,5)23-15-8-6-7-13(11-15)18(22)16-10-9-14(20)12-17(16)21/h6-12H,21H2,1-5H3. The molecule has 3 nitrogen and oxygen atoms in total. The van der Waals surface area contributed by atoms with Crippen LogP contribution >= 0.6 is 11.6 Å². The largest absolute Gasteiger partial charge is 0.543 e. The Balaban J connectivity index is 2.32. The molecule has 128 valence electrons. The van der Waals surface area contributed by atoms with Crippen molar-refractivity contribution in [2.75, 3.05) is 5.73 Å². The van der Waals surface area contributed by atoms with Gasteiger partial charge in [-0.3, -0.25) is 4.79 Å². The lowest BCUT2D eigenvalue weighted by atomic mass is 10.0. The summed E-state index contributed by atoms with van der Waals surface area (Å²) in [6.07, 6.45) is 0. The topological polar surface area (TPSA) is 52.3 Å². The van der Waals surface area contributed by atoms with E-state index in [1.165, 1.54) is 0 Å². The van der Waals surface area contributed by atoms with Gasteiger partial charge in [0.25, 0.3) is 0 Å². The summed E-state index contributed by atoms with van der Waals surface area (Å²) in [6.45, 7) is 10.9. The first-order valence-electron chi connectivity index (χ1n) is 7.90. The summed E-state index contributed by atoms with van der Waals surface area (Å²) in [7, 11) is -1.95. The van der Waals surface area contributed by atoms with Crippen molar-refractivity contribution >= 4 is 31.4 Å². The molecule has 0 fully saturated rings. The first-order valence-corrected chi connectivity index (χ1v) is 11.2. The van der Waals surface area contributed by atoms with Crippen molar-refractivity contribution < 1.29 is 9.22 Å². The van der Waals surface area contributed by atoms with Crippen LogP contribution in [-0.2, 0) is 0 Å². The van der Waals surface area contributed by atoms with Crippen molar-refractivity contribution in [1.82, 2.24) is 0 Å². The molecule has 0 aromatic heterocycles. The van der Waals surface area contributed by atoms with E-state index in [0.29, 0.717) is 21.8 Å². The highest BCUT2D eigenvalue weighted by atomic mass is 35.5. The molecule has 0 saturated carbocycles. The minimum atomic E-state index is -1.95. The molecule has 2 aromatic rings. The van der Waals surface area contributed by atoms with E-state index in [1.54, 1.807) is 30.3 Å². The summed E-state index contributed by atoms with van der Waals surface area (Å²) in [5.41, 5.74) is 7.31. The maximum Gasteiger partial charge on any atom is 0.250 e. The monoisotopic (exact) mass is 361 g/mol. The van der Waals surface area contributed by atoms with Gasteiger partial charge in [0.15, 0.2) is 5.78 Å². The summed E-state index contributed by atoms with van der Waals surface area (Å²) in [6, 6.07) is 12.2. The molecular weight excluding hydrogens is 338 g/mol. The van der Waals surface area contributed by atoms with Gasteiger partial charge < -0.3 is 10.2 Å². The van der Waals surface area contributed by atoms with Crippen molar-refractivity contribution in [1.29, 1.82) is 0 Å². The third kappa shape index (κ3) is 4.00. The Kier molecular flexibility index (Phi) is 5.11. The normalized spacial score (nSPS) is 12.1. The lowest BCUT2D eigenvalue weighted by Crippen LogP contribution is -2.43. The van der Waals surface area contributed by atoms with Crippen LogP contribution in [0.3, 0.4) is 0 Å². The van der Waals surface area contributed by atoms with E-state index in [1.807, 2.05) is 12.1 Å². The maximum atomic E-state index is 12.7. The summed E-state index contributed by atoms with van der Waals surface area (Å²) >= 11 is 5.90. The van der Waals surface area contributed by atoms with Crippen molar-refractivity contribution in [3.63, 3.8) is 0 Å².